The minimum absolute atomic E-state index is 0.977. The van der Waals surface area contributed by atoms with Gasteiger partial charge in [0.25, 0.3) is 0 Å². The molecule has 86 valence electrons. The molecule has 0 rings (SSSR count). The van der Waals surface area contributed by atoms with Crippen LogP contribution in [0.5, 0.6) is 0 Å². The molecule has 0 heterocycles. The van der Waals surface area contributed by atoms with Gasteiger partial charge in [-0.25, -0.2) is 0 Å². The Bertz CT molecular complexity index is 91.4. The highest BCUT2D eigenvalue weighted by molar-refractivity contribution is 4.61. The van der Waals surface area contributed by atoms with Gasteiger partial charge < -0.3 is 5.32 Å². The highest BCUT2D eigenvalue weighted by atomic mass is 14.8. The summed E-state index contributed by atoms with van der Waals surface area (Å²) in [5.41, 5.74) is 0. The minimum atomic E-state index is 0.977. The molecule has 0 amide bonds. The van der Waals surface area contributed by atoms with Gasteiger partial charge in [0, 0.05) is 0 Å². The monoisotopic (exact) mass is 199 g/mol. The van der Waals surface area contributed by atoms with Gasteiger partial charge in [0.2, 0.25) is 0 Å². The van der Waals surface area contributed by atoms with Crippen molar-refractivity contribution < 1.29 is 0 Å². The average Bonchev–Trinajstić information content (AvgIpc) is 2.18. The lowest BCUT2D eigenvalue weighted by Crippen LogP contribution is -2.17. The van der Waals surface area contributed by atoms with Gasteiger partial charge >= 0.3 is 0 Å². The third-order valence-corrected chi connectivity index (χ3v) is 2.89. The molecule has 0 fully saturated rings. The van der Waals surface area contributed by atoms with Gasteiger partial charge in [-0.05, 0) is 25.4 Å². The maximum absolute atomic E-state index is 3.43. The van der Waals surface area contributed by atoms with Gasteiger partial charge in [-0.15, -0.1) is 0 Å². The molecule has 0 spiro atoms. The fourth-order valence-corrected chi connectivity index (χ4v) is 2.01. The second-order valence-electron chi connectivity index (χ2n) is 4.29. The molecular weight excluding hydrogens is 170 g/mol. The molecule has 0 unspecified atom stereocenters. The van der Waals surface area contributed by atoms with Gasteiger partial charge in [-0.3, -0.25) is 0 Å². The predicted molar refractivity (Wildman–Crippen MR) is 65.7 cm³/mol. The van der Waals surface area contributed by atoms with Gasteiger partial charge in [0.05, 0.1) is 0 Å². The molecule has 0 aliphatic heterocycles. The highest BCUT2D eigenvalue weighted by Gasteiger charge is 2.06. The summed E-state index contributed by atoms with van der Waals surface area (Å²) in [5.74, 6) is 0.977. The van der Waals surface area contributed by atoms with E-state index in [0.29, 0.717) is 0 Å². The first-order chi connectivity index (χ1) is 6.85. The van der Waals surface area contributed by atoms with E-state index in [4.69, 9.17) is 0 Å². The third-order valence-electron chi connectivity index (χ3n) is 2.89. The van der Waals surface area contributed by atoms with E-state index < -0.39 is 0 Å². The molecule has 14 heavy (non-hydrogen) atoms. The van der Waals surface area contributed by atoms with Crippen molar-refractivity contribution in [2.75, 3.05) is 13.1 Å². The van der Waals surface area contributed by atoms with Crippen molar-refractivity contribution in [3.8, 4) is 0 Å². The number of hydrogen-bond acceptors (Lipinski definition) is 1. The molecule has 0 bridgehead atoms. The Morgan fingerprint density at radius 2 is 1.64 bits per heavy atom. The molecule has 0 aliphatic rings. The standard InChI is InChI=1S/C13H29N/c1-4-7-8-10-13(9-5-2)11-12-14-6-3/h13-14H,4-12H2,1-3H3/t13-/m1/s1. The summed E-state index contributed by atoms with van der Waals surface area (Å²) in [6.45, 7) is 9.11. The molecule has 0 aromatic heterocycles. The van der Waals surface area contributed by atoms with Crippen LogP contribution >= 0.6 is 0 Å². The summed E-state index contributed by atoms with van der Waals surface area (Å²) in [6, 6.07) is 0. The van der Waals surface area contributed by atoms with E-state index in [9.17, 15) is 0 Å². The lowest BCUT2D eigenvalue weighted by molar-refractivity contribution is 0.390. The third kappa shape index (κ3) is 8.55. The molecule has 0 saturated carbocycles. The minimum Gasteiger partial charge on any atom is -0.317 e. The number of hydrogen-bond donors (Lipinski definition) is 1. The zero-order chi connectivity index (χ0) is 10.6. The molecule has 0 radical (unpaired) electrons. The van der Waals surface area contributed by atoms with E-state index in [1.807, 2.05) is 0 Å². The first-order valence-electron chi connectivity index (χ1n) is 6.55. The van der Waals surface area contributed by atoms with E-state index in [2.05, 4.69) is 26.1 Å². The lowest BCUT2D eigenvalue weighted by Gasteiger charge is -2.15. The number of nitrogens with one attached hydrogen (secondary N) is 1. The largest absolute Gasteiger partial charge is 0.317 e. The number of rotatable bonds is 10. The fraction of sp³-hybridized carbons (Fsp3) is 1.00. The van der Waals surface area contributed by atoms with E-state index >= 15 is 0 Å². The van der Waals surface area contributed by atoms with Crippen molar-refractivity contribution in [3.05, 3.63) is 0 Å². The van der Waals surface area contributed by atoms with Crippen LogP contribution in [0.2, 0.25) is 0 Å². The summed E-state index contributed by atoms with van der Waals surface area (Å²) in [6.07, 6.45) is 9.82. The van der Waals surface area contributed by atoms with Crippen LogP contribution in [0.15, 0.2) is 0 Å². The Morgan fingerprint density at radius 3 is 2.21 bits per heavy atom. The zero-order valence-electron chi connectivity index (χ0n) is 10.4. The predicted octanol–water partition coefficient (Wildman–Crippen LogP) is 3.98. The van der Waals surface area contributed by atoms with Gasteiger partial charge in [-0.2, -0.15) is 0 Å². The van der Waals surface area contributed by atoms with E-state index in [0.717, 1.165) is 12.5 Å². The van der Waals surface area contributed by atoms with E-state index in [1.54, 1.807) is 0 Å². The van der Waals surface area contributed by atoms with Crippen LogP contribution in [-0.4, -0.2) is 13.1 Å². The molecule has 0 aromatic carbocycles. The van der Waals surface area contributed by atoms with Gasteiger partial charge in [0.15, 0.2) is 0 Å². The maximum atomic E-state index is 3.43. The Hall–Kier alpha value is -0.0400. The van der Waals surface area contributed by atoms with Crippen LogP contribution in [-0.2, 0) is 0 Å². The second-order valence-corrected chi connectivity index (χ2v) is 4.29. The van der Waals surface area contributed by atoms with Crippen LogP contribution in [0.4, 0.5) is 0 Å². The lowest BCUT2D eigenvalue weighted by atomic mass is 9.93. The Kier molecular flexibility index (Phi) is 11.0. The van der Waals surface area contributed by atoms with Crippen LogP contribution in [0, 0.1) is 5.92 Å². The van der Waals surface area contributed by atoms with E-state index in [-0.39, 0.29) is 0 Å². The van der Waals surface area contributed by atoms with Crippen LogP contribution in [0.1, 0.15) is 65.7 Å². The SMILES string of the molecule is CCCCC[C@@H](CCC)CCNCC. The topological polar surface area (TPSA) is 12.0 Å². The van der Waals surface area contributed by atoms with Crippen LogP contribution < -0.4 is 5.32 Å². The summed E-state index contributed by atoms with van der Waals surface area (Å²) in [5, 5.41) is 3.43. The first-order valence-corrected chi connectivity index (χ1v) is 6.55. The average molecular weight is 199 g/mol. The van der Waals surface area contributed by atoms with Crippen molar-refractivity contribution in [1.82, 2.24) is 5.32 Å². The molecule has 1 atom stereocenters. The zero-order valence-corrected chi connectivity index (χ0v) is 10.4. The smallest absolute Gasteiger partial charge is 0.00464 e. The quantitative estimate of drug-likeness (QED) is 0.525. The molecule has 1 N–H and O–H groups in total. The molecule has 1 nitrogen and oxygen atoms in total. The van der Waals surface area contributed by atoms with Crippen molar-refractivity contribution in [2.45, 2.75) is 65.7 Å². The summed E-state index contributed by atoms with van der Waals surface area (Å²) >= 11 is 0. The van der Waals surface area contributed by atoms with Gasteiger partial charge in [0.1, 0.15) is 0 Å². The van der Waals surface area contributed by atoms with Crippen molar-refractivity contribution in [1.29, 1.82) is 0 Å². The molecule has 0 aliphatic carbocycles. The van der Waals surface area contributed by atoms with Gasteiger partial charge in [-0.1, -0.05) is 59.3 Å². The van der Waals surface area contributed by atoms with Crippen LogP contribution in [0.25, 0.3) is 0 Å². The second kappa shape index (κ2) is 11.0. The van der Waals surface area contributed by atoms with Crippen LogP contribution in [0.3, 0.4) is 0 Å². The molecular formula is C13H29N. The molecule has 1 heteroatoms. The summed E-state index contributed by atoms with van der Waals surface area (Å²) in [4.78, 5) is 0. The van der Waals surface area contributed by atoms with Crippen molar-refractivity contribution in [3.63, 3.8) is 0 Å². The Morgan fingerprint density at radius 1 is 0.857 bits per heavy atom. The molecule has 0 saturated heterocycles. The Balaban J connectivity index is 3.44. The first kappa shape index (κ1) is 14.0. The fourth-order valence-electron chi connectivity index (χ4n) is 2.01. The highest BCUT2D eigenvalue weighted by Crippen LogP contribution is 2.18. The summed E-state index contributed by atoms with van der Waals surface area (Å²) < 4.78 is 0. The Labute approximate surface area is 90.7 Å². The summed E-state index contributed by atoms with van der Waals surface area (Å²) in [7, 11) is 0. The van der Waals surface area contributed by atoms with Crippen molar-refractivity contribution >= 4 is 0 Å². The normalized spacial score (nSPS) is 13.1. The van der Waals surface area contributed by atoms with Crippen molar-refractivity contribution in [2.24, 2.45) is 5.92 Å². The number of unbranched alkanes of at least 4 members (excludes halogenated alkanes) is 2. The van der Waals surface area contributed by atoms with E-state index in [1.165, 1.54) is 51.5 Å². The maximum Gasteiger partial charge on any atom is -0.00464 e. The molecule has 0 aromatic rings.